The van der Waals surface area contributed by atoms with E-state index in [0.29, 0.717) is 18.2 Å². The fourth-order valence-corrected chi connectivity index (χ4v) is 3.79. The summed E-state index contributed by atoms with van der Waals surface area (Å²) in [6, 6.07) is 0. The number of hydrogen-bond donors (Lipinski definition) is 0. The lowest BCUT2D eigenvalue weighted by molar-refractivity contribution is 0.0744. The summed E-state index contributed by atoms with van der Waals surface area (Å²) in [7, 11) is 3.46. The number of rotatable bonds is 6. The number of hydrogen-bond acceptors (Lipinski definition) is 5. The van der Waals surface area contributed by atoms with Gasteiger partial charge in [0.2, 0.25) is 0 Å². The fraction of sp³-hybridized carbons (Fsp3) is 0.733. The van der Waals surface area contributed by atoms with Crippen molar-refractivity contribution < 1.29 is 9.53 Å². The summed E-state index contributed by atoms with van der Waals surface area (Å²) in [5.74, 6) is 1.93. The van der Waals surface area contributed by atoms with E-state index >= 15 is 0 Å². The van der Waals surface area contributed by atoms with E-state index in [4.69, 9.17) is 4.74 Å². The third-order valence-electron chi connectivity index (χ3n) is 4.14. The van der Waals surface area contributed by atoms with Crippen LogP contribution < -0.4 is 4.90 Å². The first-order valence-electron chi connectivity index (χ1n) is 7.68. The normalized spacial score (nSPS) is 17.7. The SMILES string of the molecule is COCCN(C)C(=O)c1nc2c(s1)CCCN2CC1CC1. The van der Waals surface area contributed by atoms with E-state index in [1.165, 1.54) is 24.1 Å². The van der Waals surface area contributed by atoms with Gasteiger partial charge in [-0.25, -0.2) is 4.98 Å². The summed E-state index contributed by atoms with van der Waals surface area (Å²) in [6.45, 7) is 3.36. The molecule has 21 heavy (non-hydrogen) atoms. The first-order chi connectivity index (χ1) is 10.2. The van der Waals surface area contributed by atoms with Crippen molar-refractivity contribution in [2.75, 3.05) is 45.3 Å². The van der Waals surface area contributed by atoms with E-state index < -0.39 is 0 Å². The van der Waals surface area contributed by atoms with Crippen LogP contribution in [0.3, 0.4) is 0 Å². The van der Waals surface area contributed by atoms with Crippen LogP contribution in [0.2, 0.25) is 0 Å². The zero-order valence-corrected chi connectivity index (χ0v) is 13.6. The van der Waals surface area contributed by atoms with Gasteiger partial charge in [-0.2, -0.15) is 0 Å². The van der Waals surface area contributed by atoms with Gasteiger partial charge < -0.3 is 14.5 Å². The number of fused-ring (bicyclic) bond motifs is 1. The van der Waals surface area contributed by atoms with Crippen molar-refractivity contribution in [2.24, 2.45) is 5.92 Å². The molecule has 0 bridgehead atoms. The van der Waals surface area contributed by atoms with E-state index in [2.05, 4.69) is 9.88 Å². The highest BCUT2D eigenvalue weighted by molar-refractivity contribution is 7.14. The number of methoxy groups -OCH3 is 1. The van der Waals surface area contributed by atoms with Gasteiger partial charge in [-0.05, 0) is 31.6 Å². The van der Waals surface area contributed by atoms with Gasteiger partial charge in [-0.3, -0.25) is 4.79 Å². The number of amides is 1. The molecule has 116 valence electrons. The maximum absolute atomic E-state index is 12.4. The van der Waals surface area contributed by atoms with Gasteiger partial charge in [0.15, 0.2) is 5.01 Å². The Bertz CT molecular complexity index is 513. The Hall–Kier alpha value is -1.14. The number of anilines is 1. The fourth-order valence-electron chi connectivity index (χ4n) is 2.66. The van der Waals surface area contributed by atoms with Crippen LogP contribution >= 0.6 is 11.3 Å². The van der Waals surface area contributed by atoms with E-state index in [9.17, 15) is 4.79 Å². The van der Waals surface area contributed by atoms with Crippen molar-refractivity contribution in [3.63, 3.8) is 0 Å². The van der Waals surface area contributed by atoms with Crippen LogP contribution in [-0.2, 0) is 11.2 Å². The number of thiazole rings is 1. The second kappa shape index (κ2) is 6.32. The molecule has 6 heteroatoms. The lowest BCUT2D eigenvalue weighted by Crippen LogP contribution is -2.32. The zero-order valence-electron chi connectivity index (χ0n) is 12.8. The second-order valence-electron chi connectivity index (χ2n) is 5.98. The molecule has 1 aromatic heterocycles. The van der Waals surface area contributed by atoms with Crippen LogP contribution in [0.4, 0.5) is 5.82 Å². The van der Waals surface area contributed by atoms with Gasteiger partial charge in [0.1, 0.15) is 5.82 Å². The highest BCUT2D eigenvalue weighted by atomic mass is 32.1. The monoisotopic (exact) mass is 309 g/mol. The predicted octanol–water partition coefficient (Wildman–Crippen LogP) is 2.02. The summed E-state index contributed by atoms with van der Waals surface area (Å²) in [6.07, 6.45) is 4.93. The number of carbonyl (C=O) groups is 1. The summed E-state index contributed by atoms with van der Waals surface area (Å²) in [4.78, 5) is 22.4. The topological polar surface area (TPSA) is 45.7 Å². The highest BCUT2D eigenvalue weighted by Gasteiger charge is 2.30. The molecule has 0 radical (unpaired) electrons. The van der Waals surface area contributed by atoms with Crippen LogP contribution in [0, 0.1) is 5.92 Å². The number of aryl methyl sites for hydroxylation is 1. The minimum Gasteiger partial charge on any atom is -0.383 e. The second-order valence-corrected chi connectivity index (χ2v) is 7.06. The molecule has 1 fully saturated rings. The molecule has 0 atom stereocenters. The molecular weight excluding hydrogens is 286 g/mol. The van der Waals surface area contributed by atoms with Gasteiger partial charge in [0.05, 0.1) is 6.61 Å². The van der Waals surface area contributed by atoms with E-state index in [-0.39, 0.29) is 5.91 Å². The van der Waals surface area contributed by atoms with Crippen molar-refractivity contribution in [2.45, 2.75) is 25.7 Å². The Morgan fingerprint density at radius 2 is 2.33 bits per heavy atom. The summed E-state index contributed by atoms with van der Waals surface area (Å²) < 4.78 is 5.03. The van der Waals surface area contributed by atoms with Gasteiger partial charge in [0, 0.05) is 38.7 Å². The molecule has 0 spiro atoms. The molecule has 0 aromatic carbocycles. The van der Waals surface area contributed by atoms with E-state index in [0.717, 1.165) is 31.2 Å². The molecule has 1 aromatic rings. The number of likely N-dealkylation sites (N-methyl/N-ethyl adjacent to an activating group) is 1. The Morgan fingerprint density at radius 3 is 3.05 bits per heavy atom. The van der Waals surface area contributed by atoms with Crippen LogP contribution in [-0.4, -0.2) is 56.2 Å². The molecular formula is C15H23N3O2S. The smallest absolute Gasteiger partial charge is 0.282 e. The van der Waals surface area contributed by atoms with Crippen LogP contribution in [0.1, 0.15) is 33.9 Å². The quantitative estimate of drug-likeness (QED) is 0.806. The van der Waals surface area contributed by atoms with Crippen LogP contribution in [0.15, 0.2) is 0 Å². The Morgan fingerprint density at radius 1 is 1.52 bits per heavy atom. The summed E-state index contributed by atoms with van der Waals surface area (Å²) in [5, 5.41) is 0.626. The molecule has 0 N–H and O–H groups in total. The van der Waals surface area contributed by atoms with Crippen molar-refractivity contribution >= 4 is 23.1 Å². The Labute approximate surface area is 129 Å². The van der Waals surface area contributed by atoms with Gasteiger partial charge in [-0.15, -0.1) is 11.3 Å². The number of nitrogens with zero attached hydrogens (tertiary/aromatic N) is 3. The predicted molar refractivity (Wildman–Crippen MR) is 84.2 cm³/mol. The minimum atomic E-state index is 0.0119. The number of ether oxygens (including phenoxy) is 1. The average Bonchev–Trinajstić information content (AvgIpc) is 3.19. The van der Waals surface area contributed by atoms with Crippen molar-refractivity contribution in [1.29, 1.82) is 0 Å². The maximum atomic E-state index is 12.4. The lowest BCUT2D eigenvalue weighted by Gasteiger charge is -2.27. The first kappa shape index (κ1) is 14.8. The van der Waals surface area contributed by atoms with Crippen LogP contribution in [0.5, 0.6) is 0 Å². The molecule has 1 amide bonds. The Balaban J connectivity index is 1.72. The third-order valence-corrected chi connectivity index (χ3v) is 5.24. The third kappa shape index (κ3) is 3.37. The molecule has 0 saturated heterocycles. The standard InChI is InChI=1S/C15H23N3O2S/c1-17(8-9-20-2)15(19)14-16-13-12(21-14)4-3-7-18(13)10-11-5-6-11/h11H,3-10H2,1-2H3. The van der Waals surface area contributed by atoms with E-state index in [1.54, 1.807) is 23.3 Å². The summed E-state index contributed by atoms with van der Waals surface area (Å²) in [5.41, 5.74) is 0. The molecule has 2 heterocycles. The van der Waals surface area contributed by atoms with Gasteiger partial charge >= 0.3 is 0 Å². The zero-order chi connectivity index (χ0) is 14.8. The number of aromatic nitrogens is 1. The molecule has 1 saturated carbocycles. The molecule has 1 aliphatic heterocycles. The molecule has 2 aliphatic rings. The Kier molecular flexibility index (Phi) is 4.45. The first-order valence-corrected chi connectivity index (χ1v) is 8.49. The molecule has 1 aliphatic carbocycles. The van der Waals surface area contributed by atoms with Crippen molar-refractivity contribution in [3.05, 3.63) is 9.88 Å². The average molecular weight is 309 g/mol. The van der Waals surface area contributed by atoms with E-state index in [1.807, 2.05) is 7.05 Å². The molecule has 0 unspecified atom stereocenters. The molecule has 5 nitrogen and oxygen atoms in total. The molecule has 3 rings (SSSR count). The van der Waals surface area contributed by atoms with Crippen molar-refractivity contribution in [3.8, 4) is 0 Å². The largest absolute Gasteiger partial charge is 0.383 e. The minimum absolute atomic E-state index is 0.0119. The van der Waals surface area contributed by atoms with Gasteiger partial charge in [-0.1, -0.05) is 0 Å². The van der Waals surface area contributed by atoms with Crippen LogP contribution in [0.25, 0.3) is 0 Å². The number of carbonyl (C=O) groups excluding carboxylic acids is 1. The highest BCUT2D eigenvalue weighted by Crippen LogP contribution is 2.36. The lowest BCUT2D eigenvalue weighted by atomic mass is 10.1. The van der Waals surface area contributed by atoms with Gasteiger partial charge in [0.25, 0.3) is 5.91 Å². The maximum Gasteiger partial charge on any atom is 0.282 e. The summed E-state index contributed by atoms with van der Waals surface area (Å²) >= 11 is 1.57. The van der Waals surface area contributed by atoms with Crippen molar-refractivity contribution in [1.82, 2.24) is 9.88 Å².